The highest BCUT2D eigenvalue weighted by Gasteiger charge is 2.41. The quantitative estimate of drug-likeness (QED) is 0.919. The van der Waals surface area contributed by atoms with Crippen molar-refractivity contribution in [3.05, 3.63) is 35.9 Å². The van der Waals surface area contributed by atoms with E-state index in [1.807, 2.05) is 44.2 Å². The third-order valence-electron chi connectivity index (χ3n) is 3.46. The topological polar surface area (TPSA) is 57.6 Å². The number of rotatable bonds is 3. The van der Waals surface area contributed by atoms with Crippen LogP contribution < -0.4 is 0 Å². The third-order valence-corrected chi connectivity index (χ3v) is 4.47. The minimum Gasteiger partial charge on any atom is -0.480 e. The first kappa shape index (κ1) is 13.9. The predicted octanol–water partition coefficient (Wildman–Crippen LogP) is 1.95. The zero-order valence-electron chi connectivity index (χ0n) is 11.0. The average Bonchev–Trinajstić information content (AvgIpc) is 2.88. The van der Waals surface area contributed by atoms with Gasteiger partial charge in [0.05, 0.1) is 11.3 Å². The molecule has 0 bridgehead atoms. The molecule has 5 heteroatoms. The fourth-order valence-electron chi connectivity index (χ4n) is 2.18. The number of carbonyl (C=O) groups is 2. The molecule has 1 unspecified atom stereocenters. The molecule has 1 saturated heterocycles. The van der Waals surface area contributed by atoms with Gasteiger partial charge in [0.15, 0.2) is 0 Å². The van der Waals surface area contributed by atoms with Gasteiger partial charge in [-0.15, -0.1) is 11.8 Å². The van der Waals surface area contributed by atoms with E-state index in [-0.39, 0.29) is 5.91 Å². The van der Waals surface area contributed by atoms with Gasteiger partial charge in [0.1, 0.15) is 6.04 Å². The number of aliphatic carboxylic acids is 1. The molecule has 1 atom stereocenters. The van der Waals surface area contributed by atoms with Crippen LogP contribution >= 0.6 is 11.8 Å². The van der Waals surface area contributed by atoms with Crippen molar-refractivity contribution >= 4 is 23.6 Å². The second-order valence-electron chi connectivity index (χ2n) is 5.12. The van der Waals surface area contributed by atoms with Gasteiger partial charge in [0.2, 0.25) is 5.91 Å². The van der Waals surface area contributed by atoms with E-state index in [0.717, 1.165) is 5.56 Å². The summed E-state index contributed by atoms with van der Waals surface area (Å²) in [5.74, 6) is -0.142. The summed E-state index contributed by atoms with van der Waals surface area (Å²) in [7, 11) is 0. The van der Waals surface area contributed by atoms with E-state index in [0.29, 0.717) is 11.6 Å². The SMILES string of the molecule is CC(C)(C(=O)N1CSCC1C(=O)O)c1ccccc1. The van der Waals surface area contributed by atoms with Crippen LogP contribution in [0.25, 0.3) is 0 Å². The molecule has 1 N–H and O–H groups in total. The first-order valence-corrected chi connectivity index (χ1v) is 7.27. The number of benzene rings is 1. The Balaban J connectivity index is 2.26. The van der Waals surface area contributed by atoms with Crippen molar-refractivity contribution in [2.45, 2.75) is 25.3 Å². The predicted molar refractivity (Wildman–Crippen MR) is 75.1 cm³/mol. The highest BCUT2D eigenvalue weighted by molar-refractivity contribution is 7.99. The van der Waals surface area contributed by atoms with Gasteiger partial charge >= 0.3 is 5.97 Å². The van der Waals surface area contributed by atoms with Crippen LogP contribution in [0.15, 0.2) is 30.3 Å². The molecule has 4 nitrogen and oxygen atoms in total. The molecule has 1 heterocycles. The van der Waals surface area contributed by atoms with Gasteiger partial charge in [0.25, 0.3) is 0 Å². The molecule has 1 aromatic carbocycles. The smallest absolute Gasteiger partial charge is 0.327 e. The summed E-state index contributed by atoms with van der Waals surface area (Å²) in [5, 5.41) is 9.16. The minimum atomic E-state index is -0.929. The molecule has 1 aliphatic rings. The summed E-state index contributed by atoms with van der Waals surface area (Å²) in [5.41, 5.74) is 0.195. The van der Waals surface area contributed by atoms with Crippen LogP contribution in [0, 0.1) is 0 Å². The van der Waals surface area contributed by atoms with Crippen LogP contribution in [-0.4, -0.2) is 39.6 Å². The van der Waals surface area contributed by atoms with Crippen LogP contribution in [0.5, 0.6) is 0 Å². The van der Waals surface area contributed by atoms with E-state index >= 15 is 0 Å². The maximum absolute atomic E-state index is 12.6. The summed E-state index contributed by atoms with van der Waals surface area (Å²) in [6, 6.07) is 8.76. The Labute approximate surface area is 116 Å². The summed E-state index contributed by atoms with van der Waals surface area (Å²) >= 11 is 1.48. The molecule has 0 aromatic heterocycles. The fraction of sp³-hybridized carbons (Fsp3) is 0.429. The number of thioether (sulfide) groups is 1. The van der Waals surface area contributed by atoms with Crippen molar-refractivity contribution in [2.24, 2.45) is 0 Å². The van der Waals surface area contributed by atoms with Crippen LogP contribution in [0.4, 0.5) is 0 Å². The molecule has 1 amide bonds. The molecule has 0 saturated carbocycles. The Morgan fingerprint density at radius 1 is 1.32 bits per heavy atom. The van der Waals surface area contributed by atoms with Crippen LogP contribution in [0.3, 0.4) is 0 Å². The second-order valence-corrected chi connectivity index (χ2v) is 6.12. The van der Waals surface area contributed by atoms with E-state index in [1.54, 1.807) is 0 Å². The molecule has 102 valence electrons. The molecule has 0 aliphatic carbocycles. The zero-order chi connectivity index (χ0) is 14.0. The monoisotopic (exact) mass is 279 g/mol. The van der Waals surface area contributed by atoms with E-state index in [9.17, 15) is 9.59 Å². The number of carbonyl (C=O) groups excluding carboxylic acids is 1. The minimum absolute atomic E-state index is 0.129. The second kappa shape index (κ2) is 5.25. The van der Waals surface area contributed by atoms with Gasteiger partial charge in [-0.1, -0.05) is 30.3 Å². The Hall–Kier alpha value is -1.49. The van der Waals surface area contributed by atoms with E-state index in [1.165, 1.54) is 16.7 Å². The highest BCUT2D eigenvalue weighted by atomic mass is 32.2. The molecular formula is C14H17NO3S. The first-order chi connectivity index (χ1) is 8.94. The van der Waals surface area contributed by atoms with Crippen LogP contribution in [0.1, 0.15) is 19.4 Å². The Bertz CT molecular complexity index is 487. The molecule has 2 rings (SSSR count). The lowest BCUT2D eigenvalue weighted by molar-refractivity contribution is -0.149. The molecule has 0 spiro atoms. The number of hydrogen-bond acceptors (Lipinski definition) is 3. The average molecular weight is 279 g/mol. The van der Waals surface area contributed by atoms with Crippen LogP contribution in [0.2, 0.25) is 0 Å². The van der Waals surface area contributed by atoms with Gasteiger partial charge < -0.3 is 10.0 Å². The summed E-state index contributed by atoms with van der Waals surface area (Å²) in [6.07, 6.45) is 0. The number of carboxylic acid groups (broad SMARTS) is 1. The number of amides is 1. The van der Waals surface area contributed by atoms with Gasteiger partial charge in [0, 0.05) is 5.75 Å². The van der Waals surface area contributed by atoms with Crippen molar-refractivity contribution in [3.8, 4) is 0 Å². The highest BCUT2D eigenvalue weighted by Crippen LogP contribution is 2.30. The van der Waals surface area contributed by atoms with Crippen molar-refractivity contribution in [2.75, 3.05) is 11.6 Å². The summed E-state index contributed by atoms with van der Waals surface area (Å²) in [6.45, 7) is 3.68. The van der Waals surface area contributed by atoms with E-state index in [4.69, 9.17) is 5.11 Å². The van der Waals surface area contributed by atoms with E-state index < -0.39 is 17.4 Å². The number of nitrogens with zero attached hydrogens (tertiary/aromatic N) is 1. The van der Waals surface area contributed by atoms with Gasteiger partial charge in [-0.3, -0.25) is 4.79 Å². The summed E-state index contributed by atoms with van der Waals surface area (Å²) in [4.78, 5) is 25.3. The largest absolute Gasteiger partial charge is 0.480 e. The normalized spacial score (nSPS) is 19.5. The first-order valence-electron chi connectivity index (χ1n) is 6.11. The van der Waals surface area contributed by atoms with Crippen molar-refractivity contribution < 1.29 is 14.7 Å². The Kier molecular flexibility index (Phi) is 3.85. The number of carboxylic acids is 1. The van der Waals surface area contributed by atoms with Crippen molar-refractivity contribution in [1.29, 1.82) is 0 Å². The fourth-order valence-corrected chi connectivity index (χ4v) is 3.33. The van der Waals surface area contributed by atoms with Gasteiger partial charge in [-0.25, -0.2) is 4.79 Å². The van der Waals surface area contributed by atoms with Crippen molar-refractivity contribution in [1.82, 2.24) is 4.90 Å². The maximum Gasteiger partial charge on any atom is 0.327 e. The third kappa shape index (κ3) is 2.61. The molecular weight excluding hydrogens is 262 g/mol. The lowest BCUT2D eigenvalue weighted by atomic mass is 9.83. The molecule has 19 heavy (non-hydrogen) atoms. The lowest BCUT2D eigenvalue weighted by Gasteiger charge is -2.31. The molecule has 0 radical (unpaired) electrons. The lowest BCUT2D eigenvalue weighted by Crippen LogP contribution is -2.49. The van der Waals surface area contributed by atoms with Gasteiger partial charge in [-0.2, -0.15) is 0 Å². The van der Waals surface area contributed by atoms with Crippen LogP contribution in [-0.2, 0) is 15.0 Å². The Morgan fingerprint density at radius 3 is 2.53 bits per heavy atom. The maximum atomic E-state index is 12.6. The molecule has 1 aliphatic heterocycles. The molecule has 1 aromatic rings. The zero-order valence-corrected chi connectivity index (χ0v) is 11.8. The molecule has 1 fully saturated rings. The van der Waals surface area contributed by atoms with E-state index in [2.05, 4.69) is 0 Å². The summed E-state index contributed by atoms with van der Waals surface area (Å²) < 4.78 is 0. The van der Waals surface area contributed by atoms with Gasteiger partial charge in [-0.05, 0) is 19.4 Å². The van der Waals surface area contributed by atoms with Crippen molar-refractivity contribution in [3.63, 3.8) is 0 Å². The number of hydrogen-bond donors (Lipinski definition) is 1. The Morgan fingerprint density at radius 2 is 1.95 bits per heavy atom. The standard InChI is InChI=1S/C14H17NO3S/c1-14(2,10-6-4-3-5-7-10)13(18)15-9-19-8-11(15)12(16)17/h3-7,11H,8-9H2,1-2H3,(H,16,17).